The highest BCUT2D eigenvalue weighted by Crippen LogP contribution is 2.33. The molecule has 1 fully saturated rings. The van der Waals surface area contributed by atoms with Gasteiger partial charge in [0, 0.05) is 12.6 Å². The van der Waals surface area contributed by atoms with E-state index in [9.17, 15) is 17.6 Å². The summed E-state index contributed by atoms with van der Waals surface area (Å²) in [7, 11) is -2.25. The van der Waals surface area contributed by atoms with Crippen LogP contribution in [0.25, 0.3) is 0 Å². The molecule has 1 unspecified atom stereocenters. The first kappa shape index (κ1) is 23.2. The Morgan fingerprint density at radius 2 is 1.84 bits per heavy atom. The lowest BCUT2D eigenvalue weighted by molar-refractivity contribution is 0.0675. The van der Waals surface area contributed by atoms with E-state index in [0.717, 1.165) is 49.1 Å². The molecule has 6 nitrogen and oxygen atoms in total. The fourth-order valence-electron chi connectivity index (χ4n) is 3.89. The van der Waals surface area contributed by atoms with Crippen LogP contribution in [-0.2, 0) is 10.0 Å². The van der Waals surface area contributed by atoms with E-state index in [-0.39, 0.29) is 22.5 Å². The van der Waals surface area contributed by atoms with Gasteiger partial charge in [-0.1, -0.05) is 25.0 Å². The molecule has 1 saturated heterocycles. The summed E-state index contributed by atoms with van der Waals surface area (Å²) in [4.78, 5) is 15.0. The molecule has 1 atom stereocenters. The predicted molar refractivity (Wildman–Crippen MR) is 117 cm³/mol. The number of hydrogen-bond donors (Lipinski definition) is 1. The summed E-state index contributed by atoms with van der Waals surface area (Å²) in [5.41, 5.74) is 0.716. The number of halogens is 1. The molecule has 3 rings (SSSR count). The van der Waals surface area contributed by atoms with Gasteiger partial charge in [-0.2, -0.15) is 0 Å². The fourth-order valence-corrected chi connectivity index (χ4v) is 5.17. The first-order chi connectivity index (χ1) is 14.7. The number of ether oxygens (including phenoxy) is 1. The van der Waals surface area contributed by atoms with Crippen molar-refractivity contribution in [3.63, 3.8) is 0 Å². The summed E-state index contributed by atoms with van der Waals surface area (Å²) in [5, 5.41) is 0. The Labute approximate surface area is 183 Å². The molecule has 31 heavy (non-hydrogen) atoms. The van der Waals surface area contributed by atoms with Gasteiger partial charge in [-0.15, -0.1) is 0 Å². The van der Waals surface area contributed by atoms with Gasteiger partial charge in [0.1, 0.15) is 11.6 Å². The summed E-state index contributed by atoms with van der Waals surface area (Å²) in [6, 6.07) is 10.3. The lowest BCUT2D eigenvalue weighted by Crippen LogP contribution is -2.36. The lowest BCUT2D eigenvalue weighted by Gasteiger charge is -2.31. The number of amides is 1. The number of rotatable bonds is 6. The van der Waals surface area contributed by atoms with E-state index < -0.39 is 21.7 Å². The molecule has 0 spiro atoms. The second-order valence-electron chi connectivity index (χ2n) is 8.05. The van der Waals surface area contributed by atoms with Crippen LogP contribution in [0.15, 0.2) is 47.4 Å². The monoisotopic (exact) mass is 448 g/mol. The highest BCUT2D eigenvalue weighted by molar-refractivity contribution is 7.89. The van der Waals surface area contributed by atoms with Crippen molar-refractivity contribution in [3.8, 4) is 5.75 Å². The molecule has 2 aromatic carbocycles. The molecule has 1 N–H and O–H groups in total. The molecular weight excluding hydrogens is 419 g/mol. The summed E-state index contributed by atoms with van der Waals surface area (Å²) < 4.78 is 47.4. The van der Waals surface area contributed by atoms with E-state index in [4.69, 9.17) is 4.74 Å². The lowest BCUT2D eigenvalue weighted by atomic mass is 10.00. The van der Waals surface area contributed by atoms with Crippen molar-refractivity contribution in [2.24, 2.45) is 0 Å². The van der Waals surface area contributed by atoms with Crippen molar-refractivity contribution in [1.29, 1.82) is 0 Å². The average Bonchev–Trinajstić information content (AvgIpc) is 2.98. The number of benzene rings is 2. The third-order valence-electron chi connectivity index (χ3n) is 5.38. The largest absolute Gasteiger partial charge is 0.497 e. The number of carbonyl (C=O) groups is 1. The molecular formula is C23H29FN2O4S. The molecule has 0 saturated carbocycles. The van der Waals surface area contributed by atoms with Crippen LogP contribution in [0.4, 0.5) is 4.39 Å². The van der Waals surface area contributed by atoms with Gasteiger partial charge in [-0.25, -0.2) is 17.5 Å². The number of nitrogens with zero attached hydrogens (tertiary/aromatic N) is 1. The zero-order chi connectivity index (χ0) is 22.6. The van der Waals surface area contributed by atoms with Crippen LogP contribution >= 0.6 is 0 Å². The summed E-state index contributed by atoms with van der Waals surface area (Å²) in [6.07, 6.45) is 3.50. The highest BCUT2D eigenvalue weighted by Gasteiger charge is 2.30. The topological polar surface area (TPSA) is 75.7 Å². The van der Waals surface area contributed by atoms with Crippen LogP contribution in [-0.4, -0.2) is 38.9 Å². The van der Waals surface area contributed by atoms with Crippen LogP contribution < -0.4 is 9.46 Å². The normalized spacial score (nSPS) is 17.5. The summed E-state index contributed by atoms with van der Waals surface area (Å²) in [6.45, 7) is 3.88. The fraction of sp³-hybridized carbons (Fsp3) is 0.435. The Bertz CT molecular complexity index is 1020. The maximum Gasteiger partial charge on any atom is 0.257 e. The maximum absolute atomic E-state index is 14.7. The van der Waals surface area contributed by atoms with Crippen LogP contribution in [0.2, 0.25) is 0 Å². The van der Waals surface area contributed by atoms with Gasteiger partial charge in [-0.05, 0) is 62.6 Å². The van der Waals surface area contributed by atoms with Crippen molar-refractivity contribution in [2.75, 3.05) is 13.7 Å². The van der Waals surface area contributed by atoms with Crippen molar-refractivity contribution in [2.45, 2.75) is 56.5 Å². The van der Waals surface area contributed by atoms with E-state index in [1.807, 2.05) is 24.3 Å². The quantitative estimate of drug-likeness (QED) is 0.716. The van der Waals surface area contributed by atoms with Gasteiger partial charge in [0.15, 0.2) is 0 Å². The van der Waals surface area contributed by atoms with E-state index >= 15 is 0 Å². The standard InChI is InChI=1S/C23H29FN2O4S/c1-16(2)25-31(28,29)19-12-13-21(24)20(15-19)23(27)26-14-6-4-5-7-22(26)17-8-10-18(30-3)11-9-17/h8-13,15-16,22,25H,4-7,14H2,1-3H3. The van der Waals surface area contributed by atoms with Gasteiger partial charge in [0.2, 0.25) is 10.0 Å². The molecule has 168 valence electrons. The zero-order valence-electron chi connectivity index (χ0n) is 18.1. The SMILES string of the molecule is COc1ccc(C2CCCCCN2C(=O)c2cc(S(=O)(=O)NC(C)C)ccc2F)cc1. The molecule has 0 bridgehead atoms. The first-order valence-electron chi connectivity index (χ1n) is 10.5. The minimum Gasteiger partial charge on any atom is -0.497 e. The van der Waals surface area contributed by atoms with E-state index in [1.54, 1.807) is 25.9 Å². The summed E-state index contributed by atoms with van der Waals surface area (Å²) in [5.74, 6) is -0.509. The van der Waals surface area contributed by atoms with Gasteiger partial charge >= 0.3 is 0 Å². The predicted octanol–water partition coefficient (Wildman–Crippen LogP) is 4.28. The van der Waals surface area contributed by atoms with Crippen molar-refractivity contribution < 1.29 is 22.3 Å². The molecule has 1 heterocycles. The molecule has 1 amide bonds. The minimum absolute atomic E-state index is 0.123. The second kappa shape index (κ2) is 9.78. The Balaban J connectivity index is 1.97. The van der Waals surface area contributed by atoms with Crippen LogP contribution in [0.3, 0.4) is 0 Å². The van der Waals surface area contributed by atoms with Gasteiger partial charge < -0.3 is 9.64 Å². The minimum atomic E-state index is -3.84. The molecule has 1 aliphatic rings. The Morgan fingerprint density at radius 1 is 1.13 bits per heavy atom. The van der Waals surface area contributed by atoms with Gasteiger partial charge in [-0.3, -0.25) is 4.79 Å². The molecule has 1 aliphatic heterocycles. The second-order valence-corrected chi connectivity index (χ2v) is 9.77. The van der Waals surface area contributed by atoms with Crippen LogP contribution in [0.5, 0.6) is 5.75 Å². The number of methoxy groups -OCH3 is 1. The number of hydrogen-bond acceptors (Lipinski definition) is 4. The Hall–Kier alpha value is -2.45. The van der Waals surface area contributed by atoms with Gasteiger partial charge in [0.25, 0.3) is 5.91 Å². The smallest absolute Gasteiger partial charge is 0.257 e. The van der Waals surface area contributed by atoms with Crippen LogP contribution in [0, 0.1) is 5.82 Å². The van der Waals surface area contributed by atoms with Crippen molar-refractivity contribution >= 4 is 15.9 Å². The van der Waals surface area contributed by atoms with E-state index in [1.165, 1.54) is 6.07 Å². The third-order valence-corrected chi connectivity index (χ3v) is 7.04. The third kappa shape index (κ3) is 5.43. The number of sulfonamides is 1. The zero-order valence-corrected chi connectivity index (χ0v) is 18.9. The van der Waals surface area contributed by atoms with Crippen molar-refractivity contribution in [1.82, 2.24) is 9.62 Å². The average molecular weight is 449 g/mol. The van der Waals surface area contributed by atoms with Crippen LogP contribution in [0.1, 0.15) is 61.5 Å². The molecule has 2 aromatic rings. The Kier molecular flexibility index (Phi) is 7.33. The molecule has 8 heteroatoms. The van der Waals surface area contributed by atoms with Gasteiger partial charge in [0.05, 0.1) is 23.6 Å². The Morgan fingerprint density at radius 3 is 2.48 bits per heavy atom. The molecule has 0 radical (unpaired) electrons. The van der Waals surface area contributed by atoms with Crippen molar-refractivity contribution in [3.05, 3.63) is 59.4 Å². The van der Waals surface area contributed by atoms with E-state index in [2.05, 4.69) is 4.72 Å². The van der Waals surface area contributed by atoms with E-state index in [0.29, 0.717) is 6.54 Å². The highest BCUT2D eigenvalue weighted by atomic mass is 32.2. The number of likely N-dealkylation sites (tertiary alicyclic amines) is 1. The maximum atomic E-state index is 14.7. The number of nitrogens with one attached hydrogen (secondary N) is 1. The first-order valence-corrected chi connectivity index (χ1v) is 12.0. The number of carbonyl (C=O) groups excluding carboxylic acids is 1. The molecule has 0 aromatic heterocycles. The molecule has 0 aliphatic carbocycles. The summed E-state index contributed by atoms with van der Waals surface area (Å²) >= 11 is 0.